The first-order valence-electron chi connectivity index (χ1n) is 6.50. The van der Waals surface area contributed by atoms with Gasteiger partial charge >= 0.3 is 0 Å². The van der Waals surface area contributed by atoms with Crippen molar-refractivity contribution in [3.05, 3.63) is 0 Å². The van der Waals surface area contributed by atoms with Crippen LogP contribution in [-0.2, 0) is 9.84 Å². The minimum absolute atomic E-state index is 0.138. The molecule has 0 spiro atoms. The summed E-state index contributed by atoms with van der Waals surface area (Å²) in [5.41, 5.74) is 6.35. The van der Waals surface area contributed by atoms with Crippen molar-refractivity contribution in [1.82, 2.24) is 0 Å². The fourth-order valence-electron chi connectivity index (χ4n) is 3.16. The molecule has 2 rings (SSSR count). The van der Waals surface area contributed by atoms with E-state index >= 15 is 0 Å². The first-order chi connectivity index (χ1) is 7.98. The molecule has 0 bridgehead atoms. The summed E-state index contributed by atoms with van der Waals surface area (Å²) in [5, 5.41) is -0.138. The van der Waals surface area contributed by atoms with E-state index in [0.29, 0.717) is 11.8 Å². The van der Waals surface area contributed by atoms with Crippen LogP contribution in [0.4, 0.5) is 0 Å². The van der Waals surface area contributed by atoms with E-state index in [1.165, 1.54) is 24.2 Å². The van der Waals surface area contributed by atoms with Crippen LogP contribution in [0, 0.1) is 11.8 Å². The zero-order chi connectivity index (χ0) is 12.5. The maximum absolute atomic E-state index is 11.6. The molecule has 0 aromatic rings. The van der Waals surface area contributed by atoms with Gasteiger partial charge in [-0.2, -0.15) is 11.8 Å². The van der Waals surface area contributed by atoms with Crippen molar-refractivity contribution in [2.24, 2.45) is 17.6 Å². The molecule has 1 aliphatic carbocycles. The molecule has 0 radical (unpaired) electrons. The van der Waals surface area contributed by atoms with Gasteiger partial charge in [0.1, 0.15) is 9.84 Å². The van der Waals surface area contributed by atoms with Crippen LogP contribution in [0.5, 0.6) is 0 Å². The summed E-state index contributed by atoms with van der Waals surface area (Å²) in [7, 11) is -2.88. The molecule has 17 heavy (non-hydrogen) atoms. The largest absolute Gasteiger partial charge is 0.327 e. The van der Waals surface area contributed by atoms with Crippen LogP contribution in [0.3, 0.4) is 0 Å². The summed E-state index contributed by atoms with van der Waals surface area (Å²) in [4.78, 5) is 0. The average Bonchev–Trinajstić information content (AvgIpc) is 2.80. The maximum Gasteiger partial charge on any atom is 0.150 e. The Morgan fingerprint density at radius 3 is 2.59 bits per heavy atom. The number of hydrogen-bond acceptors (Lipinski definition) is 4. The third-order valence-corrected chi connectivity index (χ3v) is 7.15. The molecule has 1 heterocycles. The van der Waals surface area contributed by atoms with E-state index in [-0.39, 0.29) is 11.3 Å². The Labute approximate surface area is 109 Å². The van der Waals surface area contributed by atoms with Crippen molar-refractivity contribution in [1.29, 1.82) is 0 Å². The normalized spacial score (nSPS) is 36.9. The molecule has 4 unspecified atom stereocenters. The smallest absolute Gasteiger partial charge is 0.150 e. The third kappa shape index (κ3) is 3.38. The van der Waals surface area contributed by atoms with Crippen molar-refractivity contribution in [3.8, 4) is 0 Å². The van der Waals surface area contributed by atoms with E-state index < -0.39 is 9.84 Å². The molecule has 100 valence electrons. The molecular formula is C12H23NO2S2. The Bertz CT molecular complexity index is 350. The SMILES string of the molecule is CS(=O)(=O)C1CCCC(C(N)C2CCSC2)C1. The monoisotopic (exact) mass is 277 g/mol. The van der Waals surface area contributed by atoms with Gasteiger partial charge in [-0.05, 0) is 49.0 Å². The van der Waals surface area contributed by atoms with Gasteiger partial charge in [-0.3, -0.25) is 0 Å². The summed E-state index contributed by atoms with van der Waals surface area (Å²) >= 11 is 1.98. The standard InChI is InChI=1S/C12H23NO2S2/c1-17(14,15)11-4-2-3-9(7-11)12(13)10-5-6-16-8-10/h9-12H,2-8,13H2,1H3. The highest BCUT2D eigenvalue weighted by atomic mass is 32.2. The topological polar surface area (TPSA) is 60.2 Å². The Kier molecular flexibility index (Phi) is 4.42. The lowest BCUT2D eigenvalue weighted by Gasteiger charge is -2.34. The summed E-state index contributed by atoms with van der Waals surface area (Å²) in [6.45, 7) is 0. The van der Waals surface area contributed by atoms with Gasteiger partial charge in [-0.15, -0.1) is 0 Å². The second kappa shape index (κ2) is 5.49. The maximum atomic E-state index is 11.6. The Morgan fingerprint density at radius 1 is 1.24 bits per heavy atom. The third-order valence-electron chi connectivity index (χ3n) is 4.33. The summed E-state index contributed by atoms with van der Waals surface area (Å²) in [6.07, 6.45) is 6.36. The van der Waals surface area contributed by atoms with E-state index in [4.69, 9.17) is 5.73 Å². The molecule has 5 heteroatoms. The first-order valence-corrected chi connectivity index (χ1v) is 9.61. The molecule has 4 atom stereocenters. The van der Waals surface area contributed by atoms with Crippen LogP contribution in [0.25, 0.3) is 0 Å². The zero-order valence-corrected chi connectivity index (χ0v) is 12.1. The number of nitrogens with two attached hydrogens (primary N) is 1. The molecule has 0 aromatic heterocycles. The molecule has 3 nitrogen and oxygen atoms in total. The van der Waals surface area contributed by atoms with Gasteiger partial charge in [-0.1, -0.05) is 6.42 Å². The molecule has 0 amide bonds. The van der Waals surface area contributed by atoms with Gasteiger partial charge in [0.2, 0.25) is 0 Å². The van der Waals surface area contributed by atoms with Crippen LogP contribution >= 0.6 is 11.8 Å². The van der Waals surface area contributed by atoms with Crippen molar-refractivity contribution in [3.63, 3.8) is 0 Å². The van der Waals surface area contributed by atoms with Gasteiger partial charge in [0.15, 0.2) is 0 Å². The number of sulfone groups is 1. The predicted octanol–water partition coefficient (Wildman–Crippen LogP) is 1.67. The Balaban J connectivity index is 1.96. The van der Waals surface area contributed by atoms with Crippen LogP contribution < -0.4 is 5.73 Å². The fraction of sp³-hybridized carbons (Fsp3) is 1.00. The van der Waals surface area contributed by atoms with Gasteiger partial charge in [0.05, 0.1) is 5.25 Å². The van der Waals surface area contributed by atoms with Crippen molar-refractivity contribution in [2.45, 2.75) is 43.4 Å². The zero-order valence-electron chi connectivity index (χ0n) is 10.5. The van der Waals surface area contributed by atoms with Crippen LogP contribution in [0.15, 0.2) is 0 Å². The Hall–Kier alpha value is 0.260. The van der Waals surface area contributed by atoms with Gasteiger partial charge in [0.25, 0.3) is 0 Å². The van der Waals surface area contributed by atoms with E-state index in [9.17, 15) is 8.42 Å². The quantitative estimate of drug-likeness (QED) is 0.852. The van der Waals surface area contributed by atoms with Crippen LogP contribution in [-0.4, -0.2) is 37.5 Å². The number of hydrogen-bond donors (Lipinski definition) is 1. The van der Waals surface area contributed by atoms with Gasteiger partial charge < -0.3 is 5.73 Å². The van der Waals surface area contributed by atoms with Crippen LogP contribution in [0.1, 0.15) is 32.1 Å². The molecule has 1 saturated carbocycles. The second-order valence-corrected chi connectivity index (χ2v) is 9.05. The second-order valence-electron chi connectivity index (χ2n) is 5.58. The predicted molar refractivity (Wildman–Crippen MR) is 74.0 cm³/mol. The van der Waals surface area contributed by atoms with Gasteiger partial charge in [-0.25, -0.2) is 8.42 Å². The molecule has 0 aromatic carbocycles. The fourth-order valence-corrected chi connectivity index (χ4v) is 5.68. The first kappa shape index (κ1) is 13.7. The molecule has 1 saturated heterocycles. The highest BCUT2D eigenvalue weighted by Crippen LogP contribution is 2.36. The minimum atomic E-state index is -2.88. The average molecular weight is 277 g/mol. The number of rotatable bonds is 3. The molecule has 2 aliphatic rings. The van der Waals surface area contributed by atoms with E-state index in [0.717, 1.165) is 25.7 Å². The molecular weight excluding hydrogens is 254 g/mol. The summed E-state index contributed by atoms with van der Waals surface area (Å²) < 4.78 is 23.3. The number of thioether (sulfide) groups is 1. The van der Waals surface area contributed by atoms with Crippen LogP contribution in [0.2, 0.25) is 0 Å². The van der Waals surface area contributed by atoms with E-state index in [2.05, 4.69) is 0 Å². The molecule has 1 aliphatic heterocycles. The highest BCUT2D eigenvalue weighted by Gasteiger charge is 2.35. The van der Waals surface area contributed by atoms with Crippen molar-refractivity contribution in [2.75, 3.05) is 17.8 Å². The van der Waals surface area contributed by atoms with E-state index in [1.807, 2.05) is 11.8 Å². The van der Waals surface area contributed by atoms with Gasteiger partial charge in [0, 0.05) is 12.3 Å². The summed E-state index contributed by atoms with van der Waals surface area (Å²) in [6, 6.07) is 0.217. The van der Waals surface area contributed by atoms with Crippen molar-refractivity contribution < 1.29 is 8.42 Å². The lowest BCUT2D eigenvalue weighted by atomic mass is 9.79. The van der Waals surface area contributed by atoms with Crippen molar-refractivity contribution >= 4 is 21.6 Å². The summed E-state index contributed by atoms with van der Waals surface area (Å²) in [5.74, 6) is 3.43. The molecule has 2 fully saturated rings. The lowest BCUT2D eigenvalue weighted by molar-refractivity contribution is 0.257. The minimum Gasteiger partial charge on any atom is -0.327 e. The van der Waals surface area contributed by atoms with E-state index in [1.54, 1.807) is 0 Å². The molecule has 2 N–H and O–H groups in total. The lowest BCUT2D eigenvalue weighted by Crippen LogP contribution is -2.42. The Morgan fingerprint density at radius 2 is 2.00 bits per heavy atom. The highest BCUT2D eigenvalue weighted by molar-refractivity contribution is 7.99.